The molecule has 0 aliphatic carbocycles. The van der Waals surface area contributed by atoms with Gasteiger partial charge in [0.05, 0.1) is 12.1 Å². The molecule has 160 valence electrons. The molecule has 0 unspecified atom stereocenters. The van der Waals surface area contributed by atoms with Crippen molar-refractivity contribution in [1.29, 1.82) is 0 Å². The van der Waals surface area contributed by atoms with Crippen LogP contribution in [0.15, 0.2) is 29.3 Å². The molecule has 7 nitrogen and oxygen atoms in total. The number of alkyl carbamates (subject to hydrolysis) is 1. The number of nitrogens with one attached hydrogen (secondary N) is 3. The van der Waals surface area contributed by atoms with Crippen molar-refractivity contribution >= 4 is 36.0 Å². The average molecular weight is 506 g/mol. The lowest BCUT2D eigenvalue weighted by Gasteiger charge is -2.29. The minimum atomic E-state index is -0.524. The molecule has 3 N–H and O–H groups in total. The van der Waals surface area contributed by atoms with Crippen molar-refractivity contribution in [3.05, 3.63) is 35.4 Å². The van der Waals surface area contributed by atoms with Gasteiger partial charge in [-0.3, -0.25) is 4.99 Å². The third-order valence-corrected chi connectivity index (χ3v) is 3.55. The van der Waals surface area contributed by atoms with Gasteiger partial charge in [-0.2, -0.15) is 0 Å². The summed E-state index contributed by atoms with van der Waals surface area (Å²) in [5.74, 6) is 0.662. The van der Waals surface area contributed by atoms with Gasteiger partial charge < -0.3 is 25.4 Å². The van der Waals surface area contributed by atoms with Gasteiger partial charge in [0.1, 0.15) is 5.60 Å². The maximum atomic E-state index is 12.0. The fourth-order valence-corrected chi connectivity index (χ4v) is 2.26. The number of aliphatic imine (C=N–C) groups is 1. The summed E-state index contributed by atoms with van der Waals surface area (Å²) in [5, 5.41) is 9.36. The summed E-state index contributed by atoms with van der Waals surface area (Å²) in [6.45, 7) is 11.1. The molecule has 0 saturated heterocycles. The second kappa shape index (κ2) is 12.1. The van der Waals surface area contributed by atoms with Gasteiger partial charge in [0.25, 0.3) is 0 Å². The number of rotatable bonds is 7. The van der Waals surface area contributed by atoms with Crippen LogP contribution < -0.4 is 16.0 Å². The summed E-state index contributed by atoms with van der Waals surface area (Å²) in [6.07, 6.45) is -0.437. The molecule has 0 spiro atoms. The third-order valence-electron chi connectivity index (χ3n) is 3.55. The Morgan fingerprint density at radius 1 is 1.04 bits per heavy atom. The lowest BCUT2D eigenvalue weighted by molar-refractivity contribution is 0.0474. The fourth-order valence-electron chi connectivity index (χ4n) is 2.26. The number of hydrogen-bond acceptors (Lipinski definition) is 4. The van der Waals surface area contributed by atoms with Gasteiger partial charge in [-0.25, -0.2) is 4.79 Å². The Bertz CT molecular complexity index is 625. The zero-order valence-electron chi connectivity index (χ0n) is 18.0. The molecule has 8 heteroatoms. The van der Waals surface area contributed by atoms with E-state index in [2.05, 4.69) is 33.1 Å². The van der Waals surface area contributed by atoms with E-state index in [9.17, 15) is 4.79 Å². The number of benzene rings is 1. The van der Waals surface area contributed by atoms with Crippen LogP contribution in [0.3, 0.4) is 0 Å². The Kier molecular flexibility index (Phi) is 11.4. The van der Waals surface area contributed by atoms with Gasteiger partial charge in [-0.1, -0.05) is 24.3 Å². The van der Waals surface area contributed by atoms with Crippen LogP contribution in [0.2, 0.25) is 0 Å². The minimum Gasteiger partial charge on any atom is -0.444 e. The second-order valence-corrected chi connectivity index (χ2v) is 8.04. The summed E-state index contributed by atoms with van der Waals surface area (Å²) >= 11 is 0. The van der Waals surface area contributed by atoms with E-state index < -0.39 is 17.2 Å². The molecule has 1 amide bonds. The first-order chi connectivity index (χ1) is 12.5. The van der Waals surface area contributed by atoms with Crippen LogP contribution >= 0.6 is 24.0 Å². The smallest absolute Gasteiger partial charge is 0.408 e. The van der Waals surface area contributed by atoms with Gasteiger partial charge in [0.2, 0.25) is 0 Å². The molecular weight excluding hydrogens is 471 g/mol. The van der Waals surface area contributed by atoms with E-state index in [0.29, 0.717) is 25.7 Å². The lowest BCUT2D eigenvalue weighted by Crippen LogP contribution is -2.54. The molecule has 1 rings (SSSR count). The number of amides is 1. The summed E-state index contributed by atoms with van der Waals surface area (Å²) in [5.41, 5.74) is 1.26. The second-order valence-electron chi connectivity index (χ2n) is 8.04. The van der Waals surface area contributed by atoms with E-state index in [0.717, 1.165) is 11.1 Å². The quantitative estimate of drug-likeness (QED) is 0.300. The van der Waals surface area contributed by atoms with E-state index in [-0.39, 0.29) is 24.0 Å². The first-order valence-electron chi connectivity index (χ1n) is 9.07. The highest BCUT2D eigenvalue weighted by atomic mass is 127. The maximum absolute atomic E-state index is 12.0. The maximum Gasteiger partial charge on any atom is 0.408 e. The van der Waals surface area contributed by atoms with Crippen molar-refractivity contribution in [2.75, 3.05) is 20.7 Å². The third kappa shape index (κ3) is 11.3. The number of carbonyl (C=O) groups is 1. The van der Waals surface area contributed by atoms with Crippen molar-refractivity contribution in [1.82, 2.24) is 16.0 Å². The summed E-state index contributed by atoms with van der Waals surface area (Å²) in [7, 11) is 3.40. The zero-order chi connectivity index (χ0) is 20.5. The largest absolute Gasteiger partial charge is 0.444 e. The number of methoxy groups -OCH3 is 1. The predicted octanol–water partition coefficient (Wildman–Crippen LogP) is 3.42. The van der Waals surface area contributed by atoms with Crippen LogP contribution in [0.5, 0.6) is 0 Å². The molecule has 0 radical (unpaired) electrons. The van der Waals surface area contributed by atoms with Crippen molar-refractivity contribution in [3.8, 4) is 0 Å². The first kappa shape index (κ1) is 26.4. The molecule has 0 bridgehead atoms. The average Bonchev–Trinajstić information content (AvgIpc) is 2.54. The highest BCUT2D eigenvalue weighted by molar-refractivity contribution is 14.0. The Balaban J connectivity index is 0.00000729. The molecule has 1 aromatic carbocycles. The van der Waals surface area contributed by atoms with Gasteiger partial charge in [-0.05, 0) is 45.7 Å². The van der Waals surface area contributed by atoms with Gasteiger partial charge in [0, 0.05) is 27.2 Å². The Labute approximate surface area is 186 Å². The highest BCUT2D eigenvalue weighted by Crippen LogP contribution is 2.09. The normalized spacial score (nSPS) is 12.0. The van der Waals surface area contributed by atoms with E-state index in [1.165, 1.54) is 0 Å². The molecule has 0 aliphatic rings. The molecule has 0 aromatic heterocycles. The molecule has 0 saturated carbocycles. The molecule has 1 aromatic rings. The SMILES string of the molecule is CN=C(NCc1ccc(COC)cc1)NCC(C)(C)NC(=O)OC(C)(C)C.I. The Hall–Kier alpha value is -1.55. The van der Waals surface area contributed by atoms with Gasteiger partial charge >= 0.3 is 6.09 Å². The summed E-state index contributed by atoms with van der Waals surface area (Å²) < 4.78 is 10.4. The Morgan fingerprint density at radius 3 is 2.11 bits per heavy atom. The zero-order valence-corrected chi connectivity index (χ0v) is 20.3. The number of hydrogen-bond donors (Lipinski definition) is 3. The van der Waals surface area contributed by atoms with E-state index in [1.807, 2.05) is 46.8 Å². The molecule has 0 fully saturated rings. The van der Waals surface area contributed by atoms with Crippen molar-refractivity contribution < 1.29 is 14.3 Å². The number of nitrogens with zero attached hydrogens (tertiary/aromatic N) is 1. The van der Waals surface area contributed by atoms with E-state index in [1.54, 1.807) is 14.2 Å². The topological polar surface area (TPSA) is 84.0 Å². The van der Waals surface area contributed by atoms with E-state index in [4.69, 9.17) is 9.47 Å². The van der Waals surface area contributed by atoms with Crippen molar-refractivity contribution in [2.24, 2.45) is 4.99 Å². The highest BCUT2D eigenvalue weighted by Gasteiger charge is 2.24. The summed E-state index contributed by atoms with van der Waals surface area (Å²) in [6, 6.07) is 8.21. The lowest BCUT2D eigenvalue weighted by atomic mass is 10.1. The van der Waals surface area contributed by atoms with Crippen LogP contribution in [0, 0.1) is 0 Å². The van der Waals surface area contributed by atoms with Crippen LogP contribution in [-0.4, -0.2) is 43.9 Å². The van der Waals surface area contributed by atoms with Crippen LogP contribution in [0.1, 0.15) is 45.7 Å². The van der Waals surface area contributed by atoms with Gasteiger partial charge in [-0.15, -0.1) is 24.0 Å². The number of carbonyl (C=O) groups excluding carboxylic acids is 1. The van der Waals surface area contributed by atoms with Crippen LogP contribution in [0.25, 0.3) is 0 Å². The molecule has 28 heavy (non-hydrogen) atoms. The van der Waals surface area contributed by atoms with Crippen molar-refractivity contribution in [2.45, 2.75) is 58.9 Å². The van der Waals surface area contributed by atoms with E-state index >= 15 is 0 Å². The fraction of sp³-hybridized carbons (Fsp3) is 0.600. The van der Waals surface area contributed by atoms with Crippen molar-refractivity contribution in [3.63, 3.8) is 0 Å². The number of ether oxygens (including phenoxy) is 2. The molecule has 0 atom stereocenters. The van der Waals surface area contributed by atoms with Crippen LogP contribution in [0.4, 0.5) is 4.79 Å². The Morgan fingerprint density at radius 2 is 1.61 bits per heavy atom. The molecule has 0 heterocycles. The first-order valence-corrected chi connectivity index (χ1v) is 9.07. The monoisotopic (exact) mass is 506 g/mol. The number of halogens is 1. The van der Waals surface area contributed by atoms with Gasteiger partial charge in [0.15, 0.2) is 5.96 Å². The minimum absolute atomic E-state index is 0. The molecular formula is C20H35IN4O3. The standard InChI is InChI=1S/C20H34N4O3.HI/c1-19(2,3)27-18(25)24-20(4,5)14-23-17(21-6)22-12-15-8-10-16(11-9-15)13-26-7;/h8-11H,12-14H2,1-7H3,(H,24,25)(H2,21,22,23);1H. The summed E-state index contributed by atoms with van der Waals surface area (Å²) in [4.78, 5) is 16.2. The number of guanidine groups is 1. The molecule has 0 aliphatic heterocycles. The van der Waals surface area contributed by atoms with Crippen LogP contribution in [-0.2, 0) is 22.6 Å². The predicted molar refractivity (Wildman–Crippen MR) is 124 cm³/mol.